The van der Waals surface area contributed by atoms with Crippen LogP contribution in [0.25, 0.3) is 0 Å². The largest absolute Gasteiger partial charge is 0.324 e. The first kappa shape index (κ1) is 13.3. The molecule has 1 rings (SSSR count). The Morgan fingerprint density at radius 1 is 1.44 bits per heavy atom. The quantitative estimate of drug-likeness (QED) is 0.758. The van der Waals surface area contributed by atoms with E-state index in [1.54, 1.807) is 4.90 Å². The van der Waals surface area contributed by atoms with Gasteiger partial charge in [0.1, 0.15) is 0 Å². The van der Waals surface area contributed by atoms with Crippen LogP contribution in [0.15, 0.2) is 0 Å². The highest BCUT2D eigenvalue weighted by molar-refractivity contribution is 6.19. The average Bonchev–Trinajstić information content (AvgIpc) is 2.16. The molecule has 0 aliphatic carbocycles. The molecule has 0 unspecified atom stereocenters. The standard InChI is InChI=1S/C11H19ClN2O2/c1-11(2)5-3-7-14(8-11)10(16)13-9(15)4-6-12/h3-8H2,1-2H3,(H,13,15,16). The number of piperidine rings is 1. The molecule has 0 saturated carbocycles. The Morgan fingerprint density at radius 2 is 2.12 bits per heavy atom. The van der Waals surface area contributed by atoms with Gasteiger partial charge in [0.15, 0.2) is 0 Å². The number of amides is 3. The van der Waals surface area contributed by atoms with Crippen LogP contribution in [0.1, 0.15) is 33.1 Å². The molecule has 5 heteroatoms. The highest BCUT2D eigenvalue weighted by Crippen LogP contribution is 2.28. The second-order valence-corrected chi connectivity index (χ2v) is 5.36. The highest BCUT2D eigenvalue weighted by Gasteiger charge is 2.29. The summed E-state index contributed by atoms with van der Waals surface area (Å²) < 4.78 is 0. The van der Waals surface area contributed by atoms with Gasteiger partial charge < -0.3 is 4.90 Å². The fourth-order valence-electron chi connectivity index (χ4n) is 1.94. The summed E-state index contributed by atoms with van der Waals surface area (Å²) in [4.78, 5) is 24.6. The molecule has 1 saturated heterocycles. The second-order valence-electron chi connectivity index (χ2n) is 4.98. The Kier molecular flexibility index (Phi) is 4.59. The zero-order chi connectivity index (χ0) is 12.2. The van der Waals surface area contributed by atoms with Crippen molar-refractivity contribution in [1.29, 1.82) is 0 Å². The Labute approximate surface area is 101 Å². The summed E-state index contributed by atoms with van der Waals surface area (Å²) in [6.07, 6.45) is 2.29. The first-order chi connectivity index (χ1) is 7.44. The molecule has 0 radical (unpaired) electrons. The van der Waals surface area contributed by atoms with E-state index in [0.29, 0.717) is 6.54 Å². The fraction of sp³-hybridized carbons (Fsp3) is 0.818. The molecule has 1 heterocycles. The monoisotopic (exact) mass is 246 g/mol. The van der Waals surface area contributed by atoms with Crippen LogP contribution in [0.5, 0.6) is 0 Å². The lowest BCUT2D eigenvalue weighted by Crippen LogP contribution is -2.49. The Morgan fingerprint density at radius 3 is 2.69 bits per heavy atom. The summed E-state index contributed by atoms with van der Waals surface area (Å²) in [5, 5.41) is 2.35. The van der Waals surface area contributed by atoms with Crippen LogP contribution < -0.4 is 5.32 Å². The molecule has 0 aromatic rings. The number of urea groups is 1. The summed E-state index contributed by atoms with van der Waals surface area (Å²) in [6.45, 7) is 5.69. The van der Waals surface area contributed by atoms with Gasteiger partial charge in [-0.05, 0) is 18.3 Å². The zero-order valence-electron chi connectivity index (χ0n) is 9.88. The number of likely N-dealkylation sites (tertiary alicyclic amines) is 1. The normalized spacial score (nSPS) is 19.3. The first-order valence-corrected chi connectivity index (χ1v) is 6.13. The average molecular weight is 247 g/mol. The number of rotatable bonds is 2. The van der Waals surface area contributed by atoms with Gasteiger partial charge in [-0.3, -0.25) is 10.1 Å². The number of nitrogens with one attached hydrogen (secondary N) is 1. The summed E-state index contributed by atoms with van der Waals surface area (Å²) in [7, 11) is 0. The van der Waals surface area contributed by atoms with Gasteiger partial charge in [0, 0.05) is 25.4 Å². The van der Waals surface area contributed by atoms with E-state index in [9.17, 15) is 9.59 Å². The van der Waals surface area contributed by atoms with Crippen LogP contribution in [0.3, 0.4) is 0 Å². The number of nitrogens with zero attached hydrogens (tertiary/aromatic N) is 1. The third-order valence-electron chi connectivity index (χ3n) is 2.76. The number of hydrogen-bond acceptors (Lipinski definition) is 2. The van der Waals surface area contributed by atoms with Crippen molar-refractivity contribution in [2.24, 2.45) is 5.41 Å². The molecule has 4 nitrogen and oxygen atoms in total. The van der Waals surface area contributed by atoms with Gasteiger partial charge in [0.05, 0.1) is 0 Å². The van der Waals surface area contributed by atoms with Gasteiger partial charge >= 0.3 is 6.03 Å². The molecule has 3 amide bonds. The molecule has 1 aliphatic rings. The van der Waals surface area contributed by atoms with Gasteiger partial charge in [0.25, 0.3) is 0 Å². The lowest BCUT2D eigenvalue weighted by atomic mass is 9.84. The number of hydrogen-bond donors (Lipinski definition) is 1. The lowest BCUT2D eigenvalue weighted by molar-refractivity contribution is -0.119. The van der Waals surface area contributed by atoms with Gasteiger partial charge in [0.2, 0.25) is 5.91 Å². The van der Waals surface area contributed by atoms with Crippen LogP contribution in [0, 0.1) is 5.41 Å². The molecule has 1 aliphatic heterocycles. The number of alkyl halides is 1. The van der Waals surface area contributed by atoms with Crippen LogP contribution in [-0.4, -0.2) is 35.8 Å². The molecule has 0 atom stereocenters. The minimum atomic E-state index is -0.302. The van der Waals surface area contributed by atoms with Gasteiger partial charge in [-0.25, -0.2) is 4.79 Å². The molecule has 0 spiro atoms. The molecule has 0 aromatic heterocycles. The van der Waals surface area contributed by atoms with Crippen LogP contribution >= 0.6 is 11.6 Å². The van der Waals surface area contributed by atoms with E-state index in [4.69, 9.17) is 11.6 Å². The SMILES string of the molecule is CC1(C)CCCN(C(=O)NC(=O)CCCl)C1. The van der Waals surface area contributed by atoms with Crippen molar-refractivity contribution in [2.75, 3.05) is 19.0 Å². The van der Waals surface area contributed by atoms with E-state index < -0.39 is 0 Å². The third kappa shape index (κ3) is 4.00. The Bertz CT molecular complexity index is 279. The van der Waals surface area contributed by atoms with Gasteiger partial charge in [-0.15, -0.1) is 11.6 Å². The topological polar surface area (TPSA) is 49.4 Å². The van der Waals surface area contributed by atoms with E-state index in [0.717, 1.165) is 19.4 Å². The third-order valence-corrected chi connectivity index (χ3v) is 2.94. The van der Waals surface area contributed by atoms with Crippen LogP contribution in [0.4, 0.5) is 4.79 Å². The van der Waals surface area contributed by atoms with Crippen molar-refractivity contribution in [3.8, 4) is 0 Å². The second kappa shape index (κ2) is 5.53. The summed E-state index contributed by atoms with van der Waals surface area (Å²) in [6, 6.07) is -0.289. The smallest absolute Gasteiger partial charge is 0.324 e. The maximum absolute atomic E-state index is 11.7. The molecule has 0 bridgehead atoms. The predicted molar refractivity (Wildman–Crippen MR) is 63.5 cm³/mol. The van der Waals surface area contributed by atoms with Gasteiger partial charge in [-0.1, -0.05) is 13.8 Å². The first-order valence-electron chi connectivity index (χ1n) is 5.59. The van der Waals surface area contributed by atoms with Crippen LogP contribution in [0.2, 0.25) is 0 Å². The number of imide groups is 1. The Balaban J connectivity index is 2.45. The molecule has 1 fully saturated rings. The predicted octanol–water partition coefficient (Wildman–Crippen LogP) is 1.97. The molecule has 92 valence electrons. The summed E-state index contributed by atoms with van der Waals surface area (Å²) in [5.41, 5.74) is 0.144. The van der Waals surface area contributed by atoms with E-state index in [-0.39, 0.29) is 29.7 Å². The Hall–Kier alpha value is -0.770. The van der Waals surface area contributed by atoms with Crippen LogP contribution in [-0.2, 0) is 4.79 Å². The van der Waals surface area contributed by atoms with E-state index in [1.807, 2.05) is 0 Å². The fourth-order valence-corrected chi connectivity index (χ4v) is 2.11. The number of halogens is 1. The summed E-state index contributed by atoms with van der Waals surface area (Å²) >= 11 is 5.43. The van der Waals surface area contributed by atoms with Crippen molar-refractivity contribution < 1.29 is 9.59 Å². The van der Waals surface area contributed by atoms with Crippen molar-refractivity contribution in [3.05, 3.63) is 0 Å². The number of carbonyl (C=O) groups excluding carboxylic acids is 2. The molecule has 0 aromatic carbocycles. The number of carbonyl (C=O) groups is 2. The van der Waals surface area contributed by atoms with Crippen molar-refractivity contribution >= 4 is 23.5 Å². The van der Waals surface area contributed by atoms with E-state index >= 15 is 0 Å². The van der Waals surface area contributed by atoms with Gasteiger partial charge in [-0.2, -0.15) is 0 Å². The highest BCUT2D eigenvalue weighted by atomic mass is 35.5. The maximum atomic E-state index is 11.7. The molecule has 1 N–H and O–H groups in total. The van der Waals surface area contributed by atoms with Crippen molar-refractivity contribution in [1.82, 2.24) is 10.2 Å². The van der Waals surface area contributed by atoms with Crippen molar-refractivity contribution in [2.45, 2.75) is 33.1 Å². The maximum Gasteiger partial charge on any atom is 0.324 e. The lowest BCUT2D eigenvalue weighted by Gasteiger charge is -2.37. The summed E-state index contributed by atoms with van der Waals surface area (Å²) in [5.74, 6) is -0.0617. The minimum Gasteiger partial charge on any atom is -0.324 e. The molecule has 16 heavy (non-hydrogen) atoms. The van der Waals surface area contributed by atoms with Crippen molar-refractivity contribution in [3.63, 3.8) is 0 Å². The zero-order valence-corrected chi connectivity index (χ0v) is 10.6. The van der Waals surface area contributed by atoms with E-state index in [1.165, 1.54) is 0 Å². The minimum absolute atomic E-state index is 0.144. The van der Waals surface area contributed by atoms with E-state index in [2.05, 4.69) is 19.2 Å². The molecular weight excluding hydrogens is 228 g/mol. The molecular formula is C11H19ClN2O2.